The molecule has 3 amide bonds. The molecule has 41 heavy (non-hydrogen) atoms. The molecule has 1 atom stereocenters. The van der Waals surface area contributed by atoms with Crippen molar-refractivity contribution in [1.29, 1.82) is 5.26 Å². The minimum atomic E-state index is -1.06. The molecule has 0 spiro atoms. The number of nitrogens with one attached hydrogen (secondary N) is 1. The number of carbonyl (C=O) groups is 3. The van der Waals surface area contributed by atoms with Gasteiger partial charge in [-0.3, -0.25) is 14.4 Å². The molecule has 2 heterocycles. The fraction of sp³-hybridized carbons (Fsp3) is 0.379. The lowest BCUT2D eigenvalue weighted by molar-refractivity contribution is -0.130. The normalized spacial score (nSPS) is 17.3. The summed E-state index contributed by atoms with van der Waals surface area (Å²) in [4.78, 5) is 55.3. The number of nitrogens with two attached hydrogens (primary N) is 2. The molecule has 1 unspecified atom stereocenters. The Morgan fingerprint density at radius 1 is 1.10 bits per heavy atom. The van der Waals surface area contributed by atoms with E-state index in [4.69, 9.17) is 16.0 Å². The summed E-state index contributed by atoms with van der Waals surface area (Å²) >= 11 is 0. The zero-order valence-corrected chi connectivity index (χ0v) is 22.7. The number of nitriles is 1. The molecule has 0 radical (unpaired) electrons. The maximum atomic E-state index is 12.9. The van der Waals surface area contributed by atoms with Gasteiger partial charge in [0.15, 0.2) is 5.82 Å². The van der Waals surface area contributed by atoms with Crippen LogP contribution in [0.4, 0.5) is 0 Å². The molecule has 1 saturated heterocycles. The van der Waals surface area contributed by atoms with Crippen LogP contribution >= 0.6 is 0 Å². The largest absolute Gasteiger partial charge is 0.459 e. The number of amides is 3. The van der Waals surface area contributed by atoms with Gasteiger partial charge in [-0.05, 0) is 85.2 Å². The topological polar surface area (TPSA) is 190 Å². The van der Waals surface area contributed by atoms with E-state index in [0.717, 1.165) is 28.7 Å². The molecule has 1 aromatic heterocycles. The van der Waals surface area contributed by atoms with Crippen LogP contribution in [0.2, 0.25) is 0 Å². The molecule has 1 aliphatic heterocycles. The van der Waals surface area contributed by atoms with E-state index < -0.39 is 29.0 Å². The van der Waals surface area contributed by atoms with Crippen LogP contribution in [0.25, 0.3) is 0 Å². The molecule has 12 nitrogen and oxygen atoms in total. The van der Waals surface area contributed by atoms with Gasteiger partial charge in [0, 0.05) is 24.7 Å². The summed E-state index contributed by atoms with van der Waals surface area (Å²) in [5.74, 6) is -1.72. The maximum Gasteiger partial charge on any atom is 0.459 e. The highest BCUT2D eigenvalue weighted by Gasteiger charge is 2.45. The van der Waals surface area contributed by atoms with Gasteiger partial charge in [-0.1, -0.05) is 12.1 Å². The molecule has 5 rings (SSSR count). The fourth-order valence-electron chi connectivity index (χ4n) is 6.25. The van der Waals surface area contributed by atoms with Gasteiger partial charge in [0.25, 0.3) is 0 Å². The van der Waals surface area contributed by atoms with Gasteiger partial charge in [-0.25, -0.2) is 4.79 Å². The van der Waals surface area contributed by atoms with Crippen LogP contribution < -0.4 is 22.5 Å². The number of aryl methyl sites for hydroxylation is 3. The summed E-state index contributed by atoms with van der Waals surface area (Å²) < 4.78 is 6.65. The number of nitrogens with zero attached hydrogens (tertiary/aromatic N) is 4. The van der Waals surface area contributed by atoms with E-state index >= 15 is 0 Å². The monoisotopic (exact) mass is 557 g/mol. The number of carbonyl (C=O) groups excluding carboxylic acids is 3. The predicted octanol–water partition coefficient (Wildman–Crippen LogP) is 0.498. The average Bonchev–Trinajstić information content (AvgIpc) is 3.54. The molecule has 1 aliphatic carbocycles. The summed E-state index contributed by atoms with van der Waals surface area (Å²) in [5.41, 5.74) is 14.1. The number of rotatable bonds is 8. The Balaban J connectivity index is 1.61. The van der Waals surface area contributed by atoms with E-state index in [2.05, 4.69) is 16.4 Å². The van der Waals surface area contributed by atoms with Crippen molar-refractivity contribution in [3.05, 3.63) is 86.2 Å². The standard InChI is InChI=1S/C29H31N7O5/c1-35-27(34-28(40)41-35)29(10-11-33-16-24(37)36-12-2-3-21(36)15-30)22-8-6-19(25(31)38)13-17(22)4-5-18-14-20(26(32)39)7-9-23(18)29/h6-9,13-14,21,33H,2-5,10-12,16H2,1H3,(H2,31,38)(H2,32,39). The van der Waals surface area contributed by atoms with E-state index in [0.29, 0.717) is 55.7 Å². The number of fused-ring (bicyclic) bond motifs is 2. The van der Waals surface area contributed by atoms with Gasteiger partial charge in [0.1, 0.15) is 6.04 Å². The van der Waals surface area contributed by atoms with Crippen molar-refractivity contribution in [1.82, 2.24) is 19.9 Å². The van der Waals surface area contributed by atoms with E-state index in [-0.39, 0.29) is 12.5 Å². The van der Waals surface area contributed by atoms with Crippen molar-refractivity contribution in [3.63, 3.8) is 0 Å². The first kappa shape index (κ1) is 27.8. The number of benzene rings is 2. The van der Waals surface area contributed by atoms with Crippen molar-refractivity contribution in [2.75, 3.05) is 19.6 Å². The Kier molecular flexibility index (Phi) is 7.47. The molecule has 212 valence electrons. The van der Waals surface area contributed by atoms with Crippen LogP contribution in [-0.4, -0.2) is 58.0 Å². The molecular formula is C29H31N7O5. The quantitative estimate of drug-likeness (QED) is 0.333. The Bertz CT molecular complexity index is 1570. The number of primary amides is 2. The van der Waals surface area contributed by atoms with Gasteiger partial charge < -0.3 is 26.2 Å². The number of hydrogen-bond acceptors (Lipinski definition) is 8. The third-order valence-corrected chi connectivity index (χ3v) is 8.13. The van der Waals surface area contributed by atoms with E-state index in [1.807, 2.05) is 12.1 Å². The summed E-state index contributed by atoms with van der Waals surface area (Å²) in [7, 11) is 1.59. The minimum absolute atomic E-state index is 0.0347. The molecule has 12 heteroatoms. The molecule has 3 aromatic rings. The third-order valence-electron chi connectivity index (χ3n) is 8.13. The van der Waals surface area contributed by atoms with Crippen LogP contribution in [0.5, 0.6) is 0 Å². The predicted molar refractivity (Wildman–Crippen MR) is 147 cm³/mol. The Morgan fingerprint density at radius 2 is 1.71 bits per heavy atom. The first-order chi connectivity index (χ1) is 19.6. The number of likely N-dealkylation sites (tertiary alicyclic amines) is 1. The third kappa shape index (κ3) is 5.00. The first-order valence-electron chi connectivity index (χ1n) is 13.5. The van der Waals surface area contributed by atoms with Gasteiger partial charge in [0.2, 0.25) is 17.7 Å². The summed E-state index contributed by atoms with van der Waals surface area (Å²) in [6, 6.07) is 12.2. The number of aromatic nitrogens is 2. The van der Waals surface area contributed by atoms with E-state index in [9.17, 15) is 24.4 Å². The first-order valence-corrected chi connectivity index (χ1v) is 13.5. The Morgan fingerprint density at radius 3 is 2.22 bits per heavy atom. The molecular weight excluding hydrogens is 526 g/mol. The highest BCUT2D eigenvalue weighted by atomic mass is 16.5. The van der Waals surface area contributed by atoms with Gasteiger partial charge >= 0.3 is 5.76 Å². The minimum Gasteiger partial charge on any atom is -0.366 e. The smallest absolute Gasteiger partial charge is 0.366 e. The lowest BCUT2D eigenvalue weighted by Gasteiger charge is -2.35. The van der Waals surface area contributed by atoms with Crippen LogP contribution in [0.3, 0.4) is 0 Å². The van der Waals surface area contributed by atoms with Crippen LogP contribution in [0, 0.1) is 11.3 Å². The highest BCUT2D eigenvalue weighted by Crippen LogP contribution is 2.46. The second-order valence-electron chi connectivity index (χ2n) is 10.5. The molecule has 2 aromatic carbocycles. The van der Waals surface area contributed by atoms with E-state index in [1.54, 1.807) is 36.2 Å². The van der Waals surface area contributed by atoms with Gasteiger partial charge in [0.05, 0.1) is 18.0 Å². The zero-order valence-electron chi connectivity index (χ0n) is 22.7. The molecule has 5 N–H and O–H groups in total. The molecule has 0 bridgehead atoms. The van der Waals surface area contributed by atoms with Crippen molar-refractivity contribution in [2.24, 2.45) is 18.5 Å². The maximum absolute atomic E-state index is 12.9. The van der Waals surface area contributed by atoms with Crippen molar-refractivity contribution >= 4 is 17.7 Å². The van der Waals surface area contributed by atoms with Crippen LogP contribution in [0.15, 0.2) is 45.7 Å². The van der Waals surface area contributed by atoms with Gasteiger partial charge in [-0.15, -0.1) is 0 Å². The molecule has 0 saturated carbocycles. The fourth-order valence-corrected chi connectivity index (χ4v) is 6.25. The second-order valence-corrected chi connectivity index (χ2v) is 10.5. The Labute approximate surface area is 235 Å². The summed E-state index contributed by atoms with van der Waals surface area (Å²) in [5, 5.41) is 12.6. The molecule has 1 fully saturated rings. The lowest BCUT2D eigenvalue weighted by atomic mass is 9.69. The number of hydrogen-bond donors (Lipinski definition) is 3. The molecule has 2 aliphatic rings. The van der Waals surface area contributed by atoms with Gasteiger partial charge in [-0.2, -0.15) is 15.0 Å². The van der Waals surface area contributed by atoms with E-state index in [1.165, 1.54) is 4.74 Å². The second kappa shape index (κ2) is 11.0. The van der Waals surface area contributed by atoms with Crippen molar-refractivity contribution in [3.8, 4) is 6.07 Å². The van der Waals surface area contributed by atoms with Crippen LogP contribution in [0.1, 0.15) is 68.1 Å². The lowest BCUT2D eigenvalue weighted by Crippen LogP contribution is -2.42. The SMILES string of the molecule is Cn1oc(=O)nc1C1(CCNCC(=O)N2CCCC2C#N)c2ccc(C(N)=O)cc2CCc2cc(C(N)=O)ccc21. The summed E-state index contributed by atoms with van der Waals surface area (Å²) in [6.07, 6.45) is 2.85. The zero-order chi connectivity index (χ0) is 29.3. The van der Waals surface area contributed by atoms with Crippen molar-refractivity contribution < 1.29 is 18.9 Å². The Hall–Kier alpha value is -4.76. The van der Waals surface area contributed by atoms with Crippen molar-refractivity contribution in [2.45, 2.75) is 43.6 Å². The summed E-state index contributed by atoms with van der Waals surface area (Å²) in [6.45, 7) is 0.910. The van der Waals surface area contributed by atoms with Crippen LogP contribution in [-0.2, 0) is 30.1 Å². The highest BCUT2D eigenvalue weighted by molar-refractivity contribution is 5.94. The average molecular weight is 558 g/mol.